The first-order chi connectivity index (χ1) is 17.2. The summed E-state index contributed by atoms with van der Waals surface area (Å²) in [6.45, 7) is 11.2. The number of carbonyl (C=O) groups is 1. The molecule has 192 valence electrons. The van der Waals surface area contributed by atoms with Gasteiger partial charge in [0.05, 0.1) is 17.8 Å². The number of hydrogen-bond acceptors (Lipinski definition) is 3. The zero-order chi connectivity index (χ0) is 25.9. The lowest BCUT2D eigenvalue weighted by atomic mass is 9.92. The molecule has 0 radical (unpaired) electrons. The average Bonchev–Trinajstić information content (AvgIpc) is 3.25. The molecule has 0 atom stereocenters. The number of nitrogens with zero attached hydrogens (tertiary/aromatic N) is 3. The molecule has 1 aliphatic heterocycles. The number of benzene rings is 2. The van der Waals surface area contributed by atoms with Crippen molar-refractivity contribution >= 4 is 22.6 Å². The summed E-state index contributed by atoms with van der Waals surface area (Å²) in [6, 6.07) is 11.7. The molecule has 0 saturated carbocycles. The van der Waals surface area contributed by atoms with Gasteiger partial charge in [0.2, 0.25) is 0 Å². The third-order valence-corrected chi connectivity index (χ3v) is 6.75. The van der Waals surface area contributed by atoms with E-state index >= 15 is 0 Å². The Morgan fingerprint density at radius 1 is 1.17 bits per heavy atom. The fourth-order valence-corrected chi connectivity index (χ4v) is 4.89. The van der Waals surface area contributed by atoms with Gasteiger partial charge in [0.1, 0.15) is 11.4 Å². The lowest BCUT2D eigenvalue weighted by Crippen LogP contribution is -2.42. The first-order valence-electron chi connectivity index (χ1n) is 13.1. The molecule has 1 amide bonds. The Balaban J connectivity index is 1.56. The van der Waals surface area contributed by atoms with Crippen LogP contribution in [0.1, 0.15) is 82.5 Å². The van der Waals surface area contributed by atoms with Crippen LogP contribution < -0.4 is 0 Å². The van der Waals surface area contributed by atoms with Gasteiger partial charge in [0, 0.05) is 18.5 Å². The normalized spacial score (nSPS) is 15.5. The van der Waals surface area contributed by atoms with Gasteiger partial charge in [-0.05, 0) is 93.5 Å². The lowest BCUT2D eigenvalue weighted by Gasteiger charge is -2.33. The topological polar surface area (TPSA) is 47.4 Å². The minimum atomic E-state index is -0.486. The summed E-state index contributed by atoms with van der Waals surface area (Å²) in [7, 11) is 0. The van der Waals surface area contributed by atoms with Gasteiger partial charge in [-0.25, -0.2) is 9.18 Å². The summed E-state index contributed by atoms with van der Waals surface area (Å²) in [4.78, 5) is 14.2. The van der Waals surface area contributed by atoms with Gasteiger partial charge in [0.25, 0.3) is 0 Å². The van der Waals surface area contributed by atoms with Crippen LogP contribution in [0.2, 0.25) is 0 Å². The number of halogens is 1. The smallest absolute Gasteiger partial charge is 0.410 e. The minimum Gasteiger partial charge on any atom is -0.444 e. The number of ether oxygens (including phenoxy) is 1. The maximum absolute atomic E-state index is 13.8. The number of hydrogen-bond donors (Lipinski definition) is 0. The number of aromatic nitrogens is 2. The molecule has 1 aliphatic rings. The highest BCUT2D eigenvalue weighted by Gasteiger charge is 2.28. The molecular weight excluding hydrogens is 453 g/mol. The average molecular weight is 492 g/mol. The molecule has 2 aromatic carbocycles. The summed E-state index contributed by atoms with van der Waals surface area (Å²) < 4.78 is 21.4. The Kier molecular flexibility index (Phi) is 7.82. The van der Waals surface area contributed by atoms with Gasteiger partial charge in [0.15, 0.2) is 0 Å². The Bertz CT molecular complexity index is 1250. The molecule has 6 heteroatoms. The van der Waals surface area contributed by atoms with Crippen molar-refractivity contribution in [1.82, 2.24) is 14.7 Å². The van der Waals surface area contributed by atoms with Gasteiger partial charge in [-0.1, -0.05) is 38.0 Å². The summed E-state index contributed by atoms with van der Waals surface area (Å²) in [5.74, 6) is -0.210. The molecule has 0 unspecified atom stereocenters. The Hall–Kier alpha value is -3.15. The van der Waals surface area contributed by atoms with E-state index in [2.05, 4.69) is 35.9 Å². The monoisotopic (exact) mass is 491 g/mol. The summed E-state index contributed by atoms with van der Waals surface area (Å²) >= 11 is 0. The molecule has 1 aromatic heterocycles. The van der Waals surface area contributed by atoms with Crippen molar-refractivity contribution in [3.8, 4) is 0 Å². The maximum atomic E-state index is 13.8. The molecule has 3 aromatic rings. The van der Waals surface area contributed by atoms with E-state index in [9.17, 15) is 9.18 Å². The number of piperidine rings is 1. The van der Waals surface area contributed by atoms with Crippen LogP contribution in [0.3, 0.4) is 0 Å². The number of fused-ring (bicyclic) bond motifs is 1. The fourth-order valence-electron chi connectivity index (χ4n) is 4.89. The van der Waals surface area contributed by atoms with Crippen molar-refractivity contribution < 1.29 is 13.9 Å². The Morgan fingerprint density at radius 2 is 1.92 bits per heavy atom. The van der Waals surface area contributed by atoms with Crippen molar-refractivity contribution in [2.24, 2.45) is 0 Å². The van der Waals surface area contributed by atoms with E-state index in [1.807, 2.05) is 40.0 Å². The molecule has 0 spiro atoms. The van der Waals surface area contributed by atoms with Crippen LogP contribution in [0.4, 0.5) is 9.18 Å². The van der Waals surface area contributed by atoms with Crippen molar-refractivity contribution in [2.75, 3.05) is 13.1 Å². The highest BCUT2D eigenvalue weighted by molar-refractivity contribution is 5.88. The van der Waals surface area contributed by atoms with Crippen LogP contribution >= 0.6 is 0 Å². The Morgan fingerprint density at radius 3 is 2.58 bits per heavy atom. The van der Waals surface area contributed by atoms with E-state index in [-0.39, 0.29) is 18.0 Å². The van der Waals surface area contributed by atoms with E-state index in [1.165, 1.54) is 6.07 Å². The summed E-state index contributed by atoms with van der Waals surface area (Å²) in [5, 5.41) is 5.83. The molecule has 0 bridgehead atoms. The third kappa shape index (κ3) is 5.97. The van der Waals surface area contributed by atoms with E-state index in [4.69, 9.17) is 9.84 Å². The first-order valence-corrected chi connectivity index (χ1v) is 13.1. The van der Waals surface area contributed by atoms with Gasteiger partial charge in [-0.15, -0.1) is 0 Å². The predicted molar refractivity (Wildman–Crippen MR) is 144 cm³/mol. The maximum Gasteiger partial charge on any atom is 0.410 e. The van der Waals surface area contributed by atoms with Crippen LogP contribution in [0, 0.1) is 12.7 Å². The number of rotatable bonds is 6. The number of carbonyl (C=O) groups excluding carboxylic acids is 1. The zero-order valence-electron chi connectivity index (χ0n) is 22.2. The molecular formula is C30H38FN3O2. The third-order valence-electron chi connectivity index (χ3n) is 6.75. The van der Waals surface area contributed by atoms with E-state index in [0.29, 0.717) is 13.1 Å². The van der Waals surface area contributed by atoms with Gasteiger partial charge in [-0.3, -0.25) is 4.68 Å². The minimum absolute atomic E-state index is 0.210. The SMILES string of the molecule is CCCCC=C(c1ccc2c(cnn2C2CCN(C(=O)OC(C)(C)C)CC2)c1)c1ccc(F)cc1C. The highest BCUT2D eigenvalue weighted by Crippen LogP contribution is 2.32. The predicted octanol–water partition coefficient (Wildman–Crippen LogP) is 7.68. The van der Waals surface area contributed by atoms with E-state index in [1.54, 1.807) is 11.0 Å². The van der Waals surface area contributed by atoms with Crippen LogP contribution in [0.25, 0.3) is 16.5 Å². The van der Waals surface area contributed by atoms with Crippen molar-refractivity contribution in [1.29, 1.82) is 0 Å². The zero-order valence-corrected chi connectivity index (χ0v) is 22.2. The van der Waals surface area contributed by atoms with Crippen molar-refractivity contribution in [3.05, 3.63) is 71.2 Å². The Labute approximate surface area is 213 Å². The van der Waals surface area contributed by atoms with Gasteiger partial charge >= 0.3 is 6.09 Å². The molecule has 5 nitrogen and oxygen atoms in total. The van der Waals surface area contributed by atoms with Crippen LogP contribution in [-0.2, 0) is 4.74 Å². The second kappa shape index (κ2) is 10.9. The second-order valence-electron chi connectivity index (χ2n) is 10.8. The number of amides is 1. The van der Waals surface area contributed by atoms with Gasteiger partial charge in [-0.2, -0.15) is 5.10 Å². The van der Waals surface area contributed by atoms with Crippen molar-refractivity contribution in [2.45, 2.75) is 78.4 Å². The quantitative estimate of drug-likeness (QED) is 0.332. The first kappa shape index (κ1) is 25.9. The molecule has 1 saturated heterocycles. The number of allylic oxidation sites excluding steroid dienone is 1. The lowest BCUT2D eigenvalue weighted by molar-refractivity contribution is 0.0186. The highest BCUT2D eigenvalue weighted by atomic mass is 19.1. The summed E-state index contributed by atoms with van der Waals surface area (Å²) in [5.41, 5.74) is 4.87. The number of likely N-dealkylation sites (tertiary alicyclic amines) is 1. The van der Waals surface area contributed by atoms with E-state index in [0.717, 1.165) is 65.3 Å². The number of unbranched alkanes of at least 4 members (excludes halogenated alkanes) is 2. The largest absolute Gasteiger partial charge is 0.444 e. The second-order valence-corrected chi connectivity index (χ2v) is 10.8. The molecule has 0 N–H and O–H groups in total. The molecule has 0 aliphatic carbocycles. The standard InChI is InChI=1S/C30H38FN3O2/c1-6-7-8-9-27(26-12-11-24(31)18-21(26)2)22-10-13-28-23(19-22)20-32-34(28)25-14-16-33(17-15-25)29(35)36-30(3,4)5/h9-13,18-20,25H,6-8,14-17H2,1-5H3. The molecule has 36 heavy (non-hydrogen) atoms. The van der Waals surface area contributed by atoms with Gasteiger partial charge < -0.3 is 9.64 Å². The molecule has 4 rings (SSSR count). The van der Waals surface area contributed by atoms with Crippen molar-refractivity contribution in [3.63, 3.8) is 0 Å². The van der Waals surface area contributed by atoms with Crippen LogP contribution in [-0.4, -0.2) is 39.5 Å². The summed E-state index contributed by atoms with van der Waals surface area (Å²) in [6.07, 6.45) is 8.88. The molecule has 1 fully saturated rings. The molecule has 2 heterocycles. The number of aryl methyl sites for hydroxylation is 1. The van der Waals surface area contributed by atoms with E-state index < -0.39 is 5.60 Å². The fraction of sp³-hybridized carbons (Fsp3) is 0.467. The van der Waals surface area contributed by atoms with Crippen LogP contribution in [0.15, 0.2) is 48.7 Å². The van der Waals surface area contributed by atoms with Crippen LogP contribution in [0.5, 0.6) is 0 Å².